The molecule has 1 fully saturated rings. The summed E-state index contributed by atoms with van der Waals surface area (Å²) in [5, 5.41) is 3.36. The van der Waals surface area contributed by atoms with Gasteiger partial charge in [-0.2, -0.15) is 0 Å². The van der Waals surface area contributed by atoms with E-state index in [4.69, 9.17) is 32.5 Å². The van der Waals surface area contributed by atoms with Crippen LogP contribution in [0.1, 0.15) is 40.2 Å². The van der Waals surface area contributed by atoms with Gasteiger partial charge in [0.2, 0.25) is 5.91 Å². The maximum absolute atomic E-state index is 11.3. The van der Waals surface area contributed by atoms with Crippen molar-refractivity contribution in [2.75, 3.05) is 6.54 Å². The Morgan fingerprint density at radius 2 is 1.71 bits per heavy atom. The van der Waals surface area contributed by atoms with Crippen molar-refractivity contribution in [2.45, 2.75) is 45.8 Å². The van der Waals surface area contributed by atoms with Gasteiger partial charge in [0, 0.05) is 13.5 Å². The summed E-state index contributed by atoms with van der Waals surface area (Å²) in [6.07, 6.45) is 1.84. The second-order valence-electron chi connectivity index (χ2n) is 6.76. The van der Waals surface area contributed by atoms with Crippen LogP contribution in [0.25, 0.3) is 6.08 Å². The first kappa shape index (κ1) is 19.3. The van der Waals surface area contributed by atoms with Gasteiger partial charge in [0.25, 0.3) is 0 Å². The SMILES string of the molecule is CC(=O)NCC(=Cc1cc(Cl)nc(Cl)c1)B1OC(C)(C)C(C)(C)O1. The van der Waals surface area contributed by atoms with Crippen molar-refractivity contribution in [3.63, 3.8) is 0 Å². The highest BCUT2D eigenvalue weighted by Gasteiger charge is 2.52. The van der Waals surface area contributed by atoms with Gasteiger partial charge in [0.15, 0.2) is 0 Å². The number of halogens is 2. The highest BCUT2D eigenvalue weighted by molar-refractivity contribution is 6.56. The molecule has 1 aliphatic rings. The highest BCUT2D eigenvalue weighted by Crippen LogP contribution is 2.38. The maximum Gasteiger partial charge on any atom is 0.492 e. The number of hydrogen-bond acceptors (Lipinski definition) is 4. The highest BCUT2D eigenvalue weighted by atomic mass is 35.5. The topological polar surface area (TPSA) is 60.5 Å². The van der Waals surface area contributed by atoms with E-state index in [9.17, 15) is 4.79 Å². The molecule has 1 aliphatic heterocycles. The minimum atomic E-state index is -0.576. The molecule has 0 saturated carbocycles. The lowest BCUT2D eigenvalue weighted by atomic mass is 9.77. The first-order valence-electron chi connectivity index (χ1n) is 7.64. The maximum atomic E-state index is 11.3. The number of nitrogens with one attached hydrogen (secondary N) is 1. The Hall–Kier alpha value is -1.08. The van der Waals surface area contributed by atoms with Crippen molar-refractivity contribution >= 4 is 42.3 Å². The Balaban J connectivity index is 2.35. The number of amides is 1. The van der Waals surface area contributed by atoms with Crippen LogP contribution in [0.2, 0.25) is 10.3 Å². The minimum absolute atomic E-state index is 0.136. The molecule has 1 aromatic rings. The van der Waals surface area contributed by atoms with Crippen LogP contribution in [-0.4, -0.2) is 35.8 Å². The Kier molecular flexibility index (Phi) is 5.65. The number of carbonyl (C=O) groups is 1. The van der Waals surface area contributed by atoms with E-state index in [1.807, 2.05) is 33.8 Å². The minimum Gasteiger partial charge on any atom is -0.400 e. The summed E-state index contributed by atoms with van der Waals surface area (Å²) in [5.41, 5.74) is 0.582. The molecular weight excluding hydrogens is 350 g/mol. The zero-order valence-corrected chi connectivity index (χ0v) is 16.0. The molecule has 8 heteroatoms. The molecule has 130 valence electrons. The third kappa shape index (κ3) is 4.51. The lowest BCUT2D eigenvalue weighted by molar-refractivity contribution is -0.118. The van der Waals surface area contributed by atoms with Gasteiger partial charge in [-0.1, -0.05) is 29.3 Å². The molecule has 1 saturated heterocycles. The number of carbonyl (C=O) groups excluding carboxylic acids is 1. The molecule has 0 unspecified atom stereocenters. The van der Waals surface area contributed by atoms with E-state index in [1.54, 1.807) is 12.1 Å². The van der Waals surface area contributed by atoms with E-state index in [0.29, 0.717) is 16.9 Å². The summed E-state index contributed by atoms with van der Waals surface area (Å²) in [6.45, 7) is 9.66. The van der Waals surface area contributed by atoms with Crippen molar-refractivity contribution in [3.8, 4) is 0 Å². The molecule has 1 amide bonds. The number of nitrogens with zero attached hydrogens (tertiary/aromatic N) is 1. The summed E-state index contributed by atoms with van der Waals surface area (Å²) < 4.78 is 12.1. The number of pyridine rings is 1. The summed E-state index contributed by atoms with van der Waals surface area (Å²) in [5.74, 6) is -0.136. The molecule has 2 heterocycles. The van der Waals surface area contributed by atoms with Gasteiger partial charge in [-0.3, -0.25) is 4.79 Å². The smallest absolute Gasteiger partial charge is 0.400 e. The van der Waals surface area contributed by atoms with Gasteiger partial charge in [-0.05, 0) is 50.9 Å². The second-order valence-corrected chi connectivity index (χ2v) is 7.54. The molecule has 1 aromatic heterocycles. The second kappa shape index (κ2) is 7.04. The van der Waals surface area contributed by atoms with Crippen molar-refractivity contribution in [3.05, 3.63) is 33.5 Å². The number of aromatic nitrogens is 1. The number of rotatable bonds is 4. The Morgan fingerprint density at radius 3 is 2.17 bits per heavy atom. The molecule has 0 aliphatic carbocycles. The molecule has 0 spiro atoms. The van der Waals surface area contributed by atoms with Gasteiger partial charge in [0.05, 0.1) is 11.2 Å². The Bertz CT molecular complexity index is 641. The molecule has 5 nitrogen and oxygen atoms in total. The first-order valence-corrected chi connectivity index (χ1v) is 8.39. The van der Waals surface area contributed by atoms with E-state index in [1.165, 1.54) is 6.92 Å². The average molecular weight is 371 g/mol. The van der Waals surface area contributed by atoms with E-state index in [0.717, 1.165) is 11.0 Å². The predicted molar refractivity (Wildman–Crippen MR) is 97.0 cm³/mol. The third-order valence-corrected chi connectivity index (χ3v) is 4.62. The number of hydrogen-bond donors (Lipinski definition) is 1. The molecule has 0 aromatic carbocycles. The van der Waals surface area contributed by atoms with Crippen LogP contribution >= 0.6 is 23.2 Å². The quantitative estimate of drug-likeness (QED) is 0.650. The van der Waals surface area contributed by atoms with Gasteiger partial charge in [0.1, 0.15) is 10.3 Å². The van der Waals surface area contributed by atoms with Crippen LogP contribution in [0.5, 0.6) is 0 Å². The normalized spacial score (nSPS) is 19.5. The van der Waals surface area contributed by atoms with Crippen molar-refractivity contribution in [1.29, 1.82) is 0 Å². The van der Waals surface area contributed by atoms with Crippen LogP contribution in [0.15, 0.2) is 17.6 Å². The molecule has 0 atom stereocenters. The van der Waals surface area contributed by atoms with Crippen LogP contribution in [-0.2, 0) is 14.1 Å². The van der Waals surface area contributed by atoms with Crippen molar-refractivity contribution in [1.82, 2.24) is 10.3 Å². The predicted octanol–water partition coefficient (Wildman–Crippen LogP) is 3.54. The van der Waals surface area contributed by atoms with Gasteiger partial charge >= 0.3 is 7.12 Å². The van der Waals surface area contributed by atoms with Gasteiger partial charge in [-0.25, -0.2) is 4.98 Å². The van der Waals surface area contributed by atoms with E-state index in [-0.39, 0.29) is 5.91 Å². The van der Waals surface area contributed by atoms with E-state index in [2.05, 4.69) is 10.3 Å². The standard InChI is InChI=1S/C16H21BCl2N2O3/c1-10(22)20-9-12(6-11-7-13(18)21-14(19)8-11)17-23-15(2,3)16(4,5)24-17/h6-8H,9H2,1-5H3,(H,20,22). The van der Waals surface area contributed by atoms with Crippen LogP contribution in [0, 0.1) is 0 Å². The van der Waals surface area contributed by atoms with E-state index < -0.39 is 18.3 Å². The molecular formula is C16H21BCl2N2O3. The van der Waals surface area contributed by atoms with Crippen LogP contribution in [0.3, 0.4) is 0 Å². The van der Waals surface area contributed by atoms with Gasteiger partial charge in [-0.15, -0.1) is 0 Å². The fraction of sp³-hybridized carbons (Fsp3) is 0.500. The Morgan fingerprint density at radius 1 is 1.21 bits per heavy atom. The third-order valence-electron chi connectivity index (χ3n) is 4.23. The summed E-state index contributed by atoms with van der Waals surface area (Å²) in [6, 6.07) is 3.37. The van der Waals surface area contributed by atoms with Crippen LogP contribution < -0.4 is 5.32 Å². The summed E-state index contributed by atoms with van der Waals surface area (Å²) in [4.78, 5) is 15.2. The lowest BCUT2D eigenvalue weighted by Crippen LogP contribution is -2.41. The molecule has 0 radical (unpaired) electrons. The summed E-state index contributed by atoms with van der Waals surface area (Å²) >= 11 is 11.9. The first-order chi connectivity index (χ1) is 11.0. The summed E-state index contributed by atoms with van der Waals surface area (Å²) in [7, 11) is -0.576. The monoisotopic (exact) mass is 370 g/mol. The zero-order chi connectivity index (χ0) is 18.1. The zero-order valence-electron chi connectivity index (χ0n) is 14.4. The lowest BCUT2D eigenvalue weighted by Gasteiger charge is -2.32. The average Bonchev–Trinajstić information content (AvgIpc) is 2.62. The van der Waals surface area contributed by atoms with E-state index >= 15 is 0 Å². The largest absolute Gasteiger partial charge is 0.492 e. The fourth-order valence-electron chi connectivity index (χ4n) is 2.20. The van der Waals surface area contributed by atoms with Gasteiger partial charge < -0.3 is 14.6 Å². The van der Waals surface area contributed by atoms with Crippen LogP contribution in [0.4, 0.5) is 0 Å². The molecule has 2 rings (SSSR count). The van der Waals surface area contributed by atoms with Crippen molar-refractivity contribution < 1.29 is 14.1 Å². The van der Waals surface area contributed by atoms with Crippen molar-refractivity contribution in [2.24, 2.45) is 0 Å². The molecule has 1 N–H and O–H groups in total. The molecule has 24 heavy (non-hydrogen) atoms. The fourth-order valence-corrected chi connectivity index (χ4v) is 2.68. The molecule has 0 bridgehead atoms. The Labute approximate surface area is 152 Å².